The average Bonchev–Trinajstić information content (AvgIpc) is 3.65. The fourth-order valence-electron chi connectivity index (χ4n) is 6.23. The van der Waals surface area contributed by atoms with Crippen LogP contribution in [-0.4, -0.2) is 28.8 Å². The second kappa shape index (κ2) is 13.2. The molecule has 3 heterocycles. The predicted molar refractivity (Wildman–Crippen MR) is 190 cm³/mol. The van der Waals surface area contributed by atoms with Crippen LogP contribution in [0.15, 0.2) is 142 Å². The summed E-state index contributed by atoms with van der Waals surface area (Å²) in [6.45, 7) is 3.76. The van der Waals surface area contributed by atoms with Gasteiger partial charge in [0.25, 0.3) is 5.56 Å². The number of carbonyl (C=O) groups excluding carboxylic acids is 1. The quantitative estimate of drug-likeness (QED) is 0.167. The first-order valence-electron chi connectivity index (χ1n) is 15.7. The third-order valence-corrected chi connectivity index (χ3v) is 9.38. The SMILES string of the molecule is CCOC(=O)C1=C(C)N=c2s/c(=C\c3cc(-c4ccccc4)n(-c4ccccc4)c3-c3ccccc3)c(=O)n2[C@@H]1c1ccc(OC)cc1. The minimum atomic E-state index is -0.712. The van der Waals surface area contributed by atoms with E-state index in [9.17, 15) is 9.59 Å². The molecule has 2 aromatic heterocycles. The van der Waals surface area contributed by atoms with Crippen LogP contribution in [0.25, 0.3) is 34.3 Å². The van der Waals surface area contributed by atoms with E-state index >= 15 is 0 Å². The second-order valence-corrected chi connectivity index (χ2v) is 12.3. The van der Waals surface area contributed by atoms with Crippen molar-refractivity contribution in [1.29, 1.82) is 0 Å². The molecule has 0 amide bonds. The van der Waals surface area contributed by atoms with Gasteiger partial charge in [-0.2, -0.15) is 0 Å². The van der Waals surface area contributed by atoms with Crippen LogP contribution in [0.3, 0.4) is 0 Å². The molecule has 1 atom stereocenters. The van der Waals surface area contributed by atoms with Crippen molar-refractivity contribution in [2.45, 2.75) is 19.9 Å². The third kappa shape index (κ3) is 5.60. The van der Waals surface area contributed by atoms with Gasteiger partial charge in [0.15, 0.2) is 4.80 Å². The van der Waals surface area contributed by atoms with Gasteiger partial charge in [0.1, 0.15) is 5.75 Å². The van der Waals surface area contributed by atoms with Crippen LogP contribution >= 0.6 is 11.3 Å². The molecule has 0 spiro atoms. The summed E-state index contributed by atoms with van der Waals surface area (Å²) in [4.78, 5) is 33.2. The molecule has 6 aromatic rings. The van der Waals surface area contributed by atoms with Gasteiger partial charge in [-0.1, -0.05) is 102 Å². The molecular formula is C40H33N3O4S. The molecule has 48 heavy (non-hydrogen) atoms. The molecule has 0 saturated carbocycles. The molecule has 0 saturated heterocycles. The molecule has 0 fully saturated rings. The Morgan fingerprint density at radius 2 is 1.50 bits per heavy atom. The van der Waals surface area contributed by atoms with Gasteiger partial charge in [-0.25, -0.2) is 9.79 Å². The zero-order chi connectivity index (χ0) is 33.2. The van der Waals surface area contributed by atoms with Crippen LogP contribution < -0.4 is 19.6 Å². The van der Waals surface area contributed by atoms with E-state index in [1.807, 2.05) is 84.9 Å². The zero-order valence-electron chi connectivity index (χ0n) is 26.8. The molecule has 0 unspecified atom stereocenters. The van der Waals surface area contributed by atoms with Crippen LogP contribution in [0.4, 0.5) is 0 Å². The number of allylic oxidation sites excluding steroid dienone is 1. The number of ether oxygens (including phenoxy) is 2. The molecule has 1 aliphatic heterocycles. The lowest BCUT2D eigenvalue weighted by atomic mass is 9.96. The minimum absolute atomic E-state index is 0.208. The van der Waals surface area contributed by atoms with E-state index < -0.39 is 12.0 Å². The van der Waals surface area contributed by atoms with Gasteiger partial charge in [0.2, 0.25) is 0 Å². The van der Waals surface area contributed by atoms with E-state index in [1.54, 1.807) is 25.5 Å². The fourth-order valence-corrected chi connectivity index (χ4v) is 7.27. The normalized spacial score (nSPS) is 14.4. The molecule has 7 rings (SSSR count). The van der Waals surface area contributed by atoms with Crippen LogP contribution in [0, 0.1) is 0 Å². The summed E-state index contributed by atoms with van der Waals surface area (Å²) >= 11 is 1.31. The van der Waals surface area contributed by atoms with Gasteiger partial charge in [0, 0.05) is 11.3 Å². The lowest BCUT2D eigenvalue weighted by Gasteiger charge is -2.24. The Morgan fingerprint density at radius 3 is 2.12 bits per heavy atom. The van der Waals surface area contributed by atoms with E-state index in [0.29, 0.717) is 26.4 Å². The van der Waals surface area contributed by atoms with E-state index in [-0.39, 0.29) is 12.2 Å². The number of thiazole rings is 1. The summed E-state index contributed by atoms with van der Waals surface area (Å²) in [5.41, 5.74) is 7.29. The lowest BCUT2D eigenvalue weighted by Crippen LogP contribution is -2.39. The summed E-state index contributed by atoms with van der Waals surface area (Å²) < 4.78 is 15.2. The monoisotopic (exact) mass is 651 g/mol. The molecule has 8 heteroatoms. The Kier molecular flexibility index (Phi) is 8.48. The number of hydrogen-bond donors (Lipinski definition) is 0. The smallest absolute Gasteiger partial charge is 0.338 e. The third-order valence-electron chi connectivity index (χ3n) is 8.40. The number of rotatable bonds is 8. The van der Waals surface area contributed by atoms with E-state index in [1.165, 1.54) is 11.3 Å². The zero-order valence-corrected chi connectivity index (χ0v) is 27.6. The van der Waals surface area contributed by atoms with Crippen LogP contribution in [-0.2, 0) is 9.53 Å². The standard InChI is InChI=1S/C40H33N3O4S/c1-4-47-39(45)35-26(2)41-40-43(37(35)29-20-22-32(46-3)23-21-29)38(44)34(48-40)25-30-24-33(27-14-8-5-9-15-27)42(31-18-12-7-13-19-31)36(30)28-16-10-6-11-17-28/h5-25,37H,4H2,1-3H3/b34-25-/t37-/m1/s1. The average molecular weight is 652 g/mol. The van der Waals surface area contributed by atoms with Gasteiger partial charge >= 0.3 is 5.97 Å². The number of nitrogens with zero attached hydrogens (tertiary/aromatic N) is 3. The first-order chi connectivity index (χ1) is 23.5. The highest BCUT2D eigenvalue weighted by Crippen LogP contribution is 2.37. The molecule has 238 valence electrons. The summed E-state index contributed by atoms with van der Waals surface area (Å²) in [5, 5.41) is 0. The highest BCUT2D eigenvalue weighted by molar-refractivity contribution is 7.07. The van der Waals surface area contributed by atoms with Crippen molar-refractivity contribution < 1.29 is 14.3 Å². The topological polar surface area (TPSA) is 74.8 Å². The number of fused-ring (bicyclic) bond motifs is 1. The minimum Gasteiger partial charge on any atom is -0.497 e. The first-order valence-corrected chi connectivity index (χ1v) is 16.6. The molecule has 0 N–H and O–H groups in total. The molecular weight excluding hydrogens is 619 g/mol. The molecule has 4 aromatic carbocycles. The van der Waals surface area contributed by atoms with Crippen molar-refractivity contribution >= 4 is 23.4 Å². The highest BCUT2D eigenvalue weighted by atomic mass is 32.1. The van der Waals surface area contributed by atoms with Crippen molar-refractivity contribution in [2.75, 3.05) is 13.7 Å². The van der Waals surface area contributed by atoms with E-state index in [2.05, 4.69) is 47.0 Å². The van der Waals surface area contributed by atoms with Gasteiger partial charge < -0.3 is 14.0 Å². The molecule has 1 aliphatic rings. The first kappa shape index (κ1) is 30.9. The maximum Gasteiger partial charge on any atom is 0.338 e. The summed E-state index contributed by atoms with van der Waals surface area (Å²) in [6.07, 6.45) is 1.95. The largest absolute Gasteiger partial charge is 0.497 e. The van der Waals surface area contributed by atoms with Crippen LogP contribution in [0.2, 0.25) is 0 Å². The Labute approximate surface area is 282 Å². The van der Waals surface area contributed by atoms with E-state index in [4.69, 9.17) is 14.5 Å². The fraction of sp³-hybridized carbons (Fsp3) is 0.125. The summed E-state index contributed by atoms with van der Waals surface area (Å²) in [7, 11) is 1.60. The van der Waals surface area contributed by atoms with Gasteiger partial charge in [0.05, 0.1) is 46.9 Å². The Morgan fingerprint density at radius 1 is 0.875 bits per heavy atom. The van der Waals surface area contributed by atoms with Gasteiger partial charge in [-0.05, 0) is 66.9 Å². The number of carbonyl (C=O) groups is 1. The summed E-state index contributed by atoms with van der Waals surface area (Å²) in [5.74, 6) is 0.183. The number of benzene rings is 4. The number of aromatic nitrogens is 2. The summed E-state index contributed by atoms with van der Waals surface area (Å²) in [6, 6.07) is 39.5. The molecule has 0 aliphatic carbocycles. The molecule has 7 nitrogen and oxygen atoms in total. The number of para-hydroxylation sites is 1. The van der Waals surface area contributed by atoms with Crippen molar-refractivity contribution in [3.8, 4) is 34.0 Å². The van der Waals surface area contributed by atoms with Crippen LogP contribution in [0.1, 0.15) is 31.0 Å². The van der Waals surface area contributed by atoms with Gasteiger partial charge in [-0.3, -0.25) is 9.36 Å². The molecule has 0 bridgehead atoms. The van der Waals surface area contributed by atoms with E-state index in [0.717, 1.165) is 39.3 Å². The second-order valence-electron chi connectivity index (χ2n) is 11.3. The van der Waals surface area contributed by atoms with Gasteiger partial charge in [-0.15, -0.1) is 0 Å². The Hall–Kier alpha value is -5.73. The van der Waals surface area contributed by atoms with Crippen LogP contribution in [0.5, 0.6) is 5.75 Å². The Balaban J connectivity index is 1.49. The Bertz CT molecular complexity index is 2320. The number of esters is 1. The molecule has 0 radical (unpaired) electrons. The van der Waals surface area contributed by atoms with Crippen molar-refractivity contribution in [2.24, 2.45) is 4.99 Å². The lowest BCUT2D eigenvalue weighted by molar-refractivity contribution is -0.139. The maximum atomic E-state index is 14.5. The van der Waals surface area contributed by atoms with Crippen molar-refractivity contribution in [3.63, 3.8) is 0 Å². The van der Waals surface area contributed by atoms with Crippen molar-refractivity contribution in [1.82, 2.24) is 9.13 Å². The number of hydrogen-bond acceptors (Lipinski definition) is 6. The predicted octanol–water partition coefficient (Wildman–Crippen LogP) is 6.93. The number of methoxy groups -OCH3 is 1. The van der Waals surface area contributed by atoms with Crippen molar-refractivity contribution in [3.05, 3.63) is 163 Å². The highest BCUT2D eigenvalue weighted by Gasteiger charge is 2.33. The maximum absolute atomic E-state index is 14.5.